The summed E-state index contributed by atoms with van der Waals surface area (Å²) in [6.07, 6.45) is 3.07. The highest BCUT2D eigenvalue weighted by molar-refractivity contribution is 5.60. The van der Waals surface area contributed by atoms with Gasteiger partial charge in [-0.1, -0.05) is 0 Å². The highest BCUT2D eigenvalue weighted by Crippen LogP contribution is 2.19. The Morgan fingerprint density at radius 2 is 1.87 bits per heavy atom. The molecule has 0 unspecified atom stereocenters. The Kier molecular flexibility index (Phi) is 2.37. The van der Waals surface area contributed by atoms with Crippen LogP contribution in [0.2, 0.25) is 0 Å². The average molecular weight is 201 g/mol. The first-order valence-corrected chi connectivity index (χ1v) is 4.28. The molecule has 5 heteroatoms. The molecule has 0 atom stereocenters. The van der Waals surface area contributed by atoms with Crippen LogP contribution < -0.4 is 0 Å². The van der Waals surface area contributed by atoms with Gasteiger partial charge < -0.3 is 0 Å². The molecule has 0 aliphatic rings. The highest BCUT2D eigenvalue weighted by Gasteiger charge is 2.05. The zero-order chi connectivity index (χ0) is 10.7. The number of benzene rings is 1. The van der Waals surface area contributed by atoms with Crippen LogP contribution >= 0.6 is 0 Å². The van der Waals surface area contributed by atoms with E-state index in [0.717, 1.165) is 11.3 Å². The summed E-state index contributed by atoms with van der Waals surface area (Å²) in [7, 11) is 0. The van der Waals surface area contributed by atoms with Crippen molar-refractivity contribution in [2.45, 2.75) is 0 Å². The van der Waals surface area contributed by atoms with E-state index in [1.807, 2.05) is 0 Å². The number of hydrogen-bond donors (Lipinski definition) is 0. The minimum atomic E-state index is -0.427. The summed E-state index contributed by atoms with van der Waals surface area (Å²) in [5.41, 5.74) is 1.66. The molecule has 15 heavy (non-hydrogen) atoms. The molecule has 1 heterocycles. The summed E-state index contributed by atoms with van der Waals surface area (Å²) >= 11 is 0. The van der Waals surface area contributed by atoms with Crippen LogP contribution in [-0.2, 0) is 0 Å². The highest BCUT2D eigenvalue weighted by atomic mass is 16.6. The van der Waals surface area contributed by atoms with Crippen LogP contribution in [0.3, 0.4) is 0 Å². The fourth-order valence-electron chi connectivity index (χ4n) is 1.22. The van der Waals surface area contributed by atoms with Gasteiger partial charge in [-0.15, -0.1) is 0 Å². The standard InChI is InChI=1S/C10H7N3O2/c14-13(15)9-3-1-8(2-4-9)10-5-6-11-7-12-10/h1-7H. The number of nitro benzene ring substituents is 1. The lowest BCUT2D eigenvalue weighted by molar-refractivity contribution is -0.384. The molecule has 5 nitrogen and oxygen atoms in total. The molecular formula is C10H7N3O2. The maximum absolute atomic E-state index is 10.4. The number of rotatable bonds is 2. The molecule has 74 valence electrons. The Morgan fingerprint density at radius 3 is 2.40 bits per heavy atom. The topological polar surface area (TPSA) is 68.9 Å². The minimum absolute atomic E-state index is 0.0767. The Morgan fingerprint density at radius 1 is 1.13 bits per heavy atom. The van der Waals surface area contributed by atoms with E-state index in [2.05, 4.69) is 9.97 Å². The Hall–Kier alpha value is -2.30. The third-order valence-electron chi connectivity index (χ3n) is 1.96. The third kappa shape index (κ3) is 1.96. The second-order valence-corrected chi connectivity index (χ2v) is 2.90. The molecule has 0 radical (unpaired) electrons. The second-order valence-electron chi connectivity index (χ2n) is 2.90. The van der Waals surface area contributed by atoms with E-state index < -0.39 is 4.92 Å². The van der Waals surface area contributed by atoms with E-state index >= 15 is 0 Å². The lowest BCUT2D eigenvalue weighted by atomic mass is 10.1. The zero-order valence-corrected chi connectivity index (χ0v) is 7.70. The molecule has 0 saturated heterocycles. The molecule has 0 aliphatic heterocycles. The average Bonchev–Trinajstić information content (AvgIpc) is 2.30. The predicted octanol–water partition coefficient (Wildman–Crippen LogP) is 2.05. The molecular weight excluding hydrogens is 194 g/mol. The molecule has 2 rings (SSSR count). The number of hydrogen-bond acceptors (Lipinski definition) is 4. The quantitative estimate of drug-likeness (QED) is 0.550. The lowest BCUT2D eigenvalue weighted by Gasteiger charge is -1.98. The molecule has 1 aromatic carbocycles. The van der Waals surface area contributed by atoms with Gasteiger partial charge in [0.1, 0.15) is 6.33 Å². The summed E-state index contributed by atoms with van der Waals surface area (Å²) in [5, 5.41) is 10.4. The van der Waals surface area contributed by atoms with Crippen LogP contribution in [0.15, 0.2) is 42.9 Å². The van der Waals surface area contributed by atoms with Crippen molar-refractivity contribution in [3.8, 4) is 11.3 Å². The third-order valence-corrected chi connectivity index (χ3v) is 1.96. The van der Waals surface area contributed by atoms with Crippen molar-refractivity contribution in [2.75, 3.05) is 0 Å². The van der Waals surface area contributed by atoms with Crippen LogP contribution in [0.25, 0.3) is 11.3 Å². The van der Waals surface area contributed by atoms with Crippen molar-refractivity contribution in [3.05, 3.63) is 53.0 Å². The van der Waals surface area contributed by atoms with Gasteiger partial charge >= 0.3 is 0 Å². The van der Waals surface area contributed by atoms with Gasteiger partial charge in [0, 0.05) is 23.9 Å². The second kappa shape index (κ2) is 3.83. The van der Waals surface area contributed by atoms with Gasteiger partial charge in [0.05, 0.1) is 10.6 Å². The maximum atomic E-state index is 10.4. The van der Waals surface area contributed by atoms with Gasteiger partial charge in [-0.2, -0.15) is 0 Å². The van der Waals surface area contributed by atoms with Crippen molar-refractivity contribution in [1.82, 2.24) is 9.97 Å². The Bertz CT molecular complexity index is 468. The number of non-ortho nitro benzene ring substituents is 1. The van der Waals surface area contributed by atoms with Crippen LogP contribution in [0.5, 0.6) is 0 Å². The van der Waals surface area contributed by atoms with Crippen LogP contribution in [0.4, 0.5) is 5.69 Å². The fraction of sp³-hybridized carbons (Fsp3) is 0. The van der Waals surface area contributed by atoms with E-state index in [0.29, 0.717) is 0 Å². The normalized spacial score (nSPS) is 9.87. The molecule has 0 saturated carbocycles. The van der Waals surface area contributed by atoms with E-state index in [4.69, 9.17) is 0 Å². The van der Waals surface area contributed by atoms with Crippen molar-refractivity contribution >= 4 is 5.69 Å². The summed E-state index contributed by atoms with van der Waals surface area (Å²) in [5.74, 6) is 0. The first-order valence-electron chi connectivity index (χ1n) is 4.28. The summed E-state index contributed by atoms with van der Waals surface area (Å²) < 4.78 is 0. The van der Waals surface area contributed by atoms with Crippen molar-refractivity contribution < 1.29 is 4.92 Å². The fourth-order valence-corrected chi connectivity index (χ4v) is 1.22. The molecule has 0 fully saturated rings. The molecule has 0 amide bonds. The monoisotopic (exact) mass is 201 g/mol. The summed E-state index contributed by atoms with van der Waals surface area (Å²) in [6, 6.07) is 8.00. The largest absolute Gasteiger partial charge is 0.269 e. The Balaban J connectivity index is 2.36. The van der Waals surface area contributed by atoms with Crippen molar-refractivity contribution in [2.24, 2.45) is 0 Å². The molecule has 1 aromatic heterocycles. The van der Waals surface area contributed by atoms with Gasteiger partial charge in [0.15, 0.2) is 0 Å². The van der Waals surface area contributed by atoms with E-state index in [1.165, 1.54) is 18.5 Å². The number of nitro groups is 1. The number of nitrogens with zero attached hydrogens (tertiary/aromatic N) is 3. The van der Waals surface area contributed by atoms with Crippen molar-refractivity contribution in [3.63, 3.8) is 0 Å². The van der Waals surface area contributed by atoms with Gasteiger partial charge in [-0.05, 0) is 18.2 Å². The van der Waals surface area contributed by atoms with E-state index in [1.54, 1.807) is 24.4 Å². The molecule has 0 spiro atoms. The van der Waals surface area contributed by atoms with Gasteiger partial charge in [-0.3, -0.25) is 10.1 Å². The first-order chi connectivity index (χ1) is 7.27. The maximum Gasteiger partial charge on any atom is 0.269 e. The Labute approximate surface area is 85.6 Å². The van der Waals surface area contributed by atoms with Crippen molar-refractivity contribution in [1.29, 1.82) is 0 Å². The minimum Gasteiger partial charge on any atom is -0.258 e. The van der Waals surface area contributed by atoms with Crippen LogP contribution in [0, 0.1) is 10.1 Å². The summed E-state index contributed by atoms with van der Waals surface area (Å²) in [6.45, 7) is 0. The molecule has 2 aromatic rings. The predicted molar refractivity (Wildman–Crippen MR) is 54.1 cm³/mol. The zero-order valence-electron chi connectivity index (χ0n) is 7.70. The molecule has 0 aliphatic carbocycles. The van der Waals surface area contributed by atoms with Gasteiger partial charge in [0.25, 0.3) is 5.69 Å². The lowest BCUT2D eigenvalue weighted by Crippen LogP contribution is -1.88. The smallest absolute Gasteiger partial charge is 0.258 e. The van der Waals surface area contributed by atoms with Crippen LogP contribution in [0.1, 0.15) is 0 Å². The van der Waals surface area contributed by atoms with Gasteiger partial charge in [0.2, 0.25) is 0 Å². The molecule has 0 bridgehead atoms. The van der Waals surface area contributed by atoms with Crippen LogP contribution in [-0.4, -0.2) is 14.9 Å². The SMILES string of the molecule is O=[N+]([O-])c1ccc(-c2ccncn2)cc1. The first kappa shape index (κ1) is 9.26. The molecule has 0 N–H and O–H groups in total. The summed E-state index contributed by atoms with van der Waals surface area (Å²) in [4.78, 5) is 17.8. The van der Waals surface area contributed by atoms with Gasteiger partial charge in [-0.25, -0.2) is 9.97 Å². The van der Waals surface area contributed by atoms with E-state index in [-0.39, 0.29) is 5.69 Å². The van der Waals surface area contributed by atoms with E-state index in [9.17, 15) is 10.1 Å². The number of aromatic nitrogens is 2.